The average Bonchev–Trinajstić information content (AvgIpc) is 2.79. The highest BCUT2D eigenvalue weighted by Gasteiger charge is 2.12. The maximum Gasteiger partial charge on any atom is 0.359 e. The fourth-order valence-corrected chi connectivity index (χ4v) is 2.77. The van der Waals surface area contributed by atoms with E-state index in [1.807, 2.05) is 66.7 Å². The Labute approximate surface area is 184 Å². The zero-order valence-corrected chi connectivity index (χ0v) is 17.8. The molecule has 3 aromatic carbocycles. The Balaban J connectivity index is 1.63. The summed E-state index contributed by atoms with van der Waals surface area (Å²) in [6.07, 6.45) is 1.72. The average molecular weight is 405 g/mol. The first-order valence-corrected chi connectivity index (χ1v) is 9.90. The van der Waals surface area contributed by atoms with Crippen LogP contribution in [-0.4, -0.2) is 25.0 Å². The van der Waals surface area contributed by atoms with Gasteiger partial charge < -0.3 is 9.64 Å². The molecule has 0 unspecified atom stereocenters. The molecule has 0 fully saturated rings. The minimum atomic E-state index is -0.387. The topological polar surface area (TPSA) is 29.5 Å². The van der Waals surface area contributed by atoms with Crippen LogP contribution in [0.5, 0.6) is 5.75 Å². The van der Waals surface area contributed by atoms with Crippen molar-refractivity contribution >= 4 is 5.97 Å². The number of rotatable bonds is 3. The molecule has 0 spiro atoms. The SMILES string of the molecule is C/C=C(/C(=O)Oc1ccc(C#Cc2ccc(C#Cc3ccccc3)cc2)cc1)N(C)C. The second-order valence-corrected chi connectivity index (χ2v) is 6.93. The lowest BCUT2D eigenvalue weighted by atomic mass is 10.1. The van der Waals surface area contributed by atoms with E-state index in [1.54, 1.807) is 44.1 Å². The molecule has 0 saturated heterocycles. The first-order valence-electron chi connectivity index (χ1n) is 9.90. The molecule has 0 N–H and O–H groups in total. The highest BCUT2D eigenvalue weighted by molar-refractivity contribution is 5.89. The van der Waals surface area contributed by atoms with Crippen LogP contribution in [0.25, 0.3) is 0 Å². The van der Waals surface area contributed by atoms with E-state index in [1.165, 1.54) is 0 Å². The van der Waals surface area contributed by atoms with Gasteiger partial charge in [-0.25, -0.2) is 4.79 Å². The first kappa shape index (κ1) is 21.5. The number of ether oxygens (including phenoxy) is 1. The molecule has 0 atom stereocenters. The van der Waals surface area contributed by atoms with Crippen molar-refractivity contribution < 1.29 is 9.53 Å². The Morgan fingerprint density at radius 1 is 0.710 bits per heavy atom. The normalized spacial score (nSPS) is 10.2. The summed E-state index contributed by atoms with van der Waals surface area (Å²) < 4.78 is 5.40. The summed E-state index contributed by atoms with van der Waals surface area (Å²) in [5, 5.41) is 0. The van der Waals surface area contributed by atoms with Gasteiger partial charge in [-0.05, 0) is 67.6 Å². The molecule has 0 heterocycles. The minimum Gasteiger partial charge on any atom is -0.422 e. The Bertz CT molecular complexity index is 1180. The van der Waals surface area contributed by atoms with Crippen LogP contribution >= 0.6 is 0 Å². The van der Waals surface area contributed by atoms with Crippen molar-refractivity contribution in [1.82, 2.24) is 4.90 Å². The van der Waals surface area contributed by atoms with Crippen molar-refractivity contribution in [3.05, 3.63) is 113 Å². The fraction of sp³-hybridized carbons (Fsp3) is 0.107. The third kappa shape index (κ3) is 6.39. The van der Waals surface area contributed by atoms with Gasteiger partial charge in [0.05, 0.1) is 0 Å². The third-order valence-electron chi connectivity index (χ3n) is 4.39. The Morgan fingerprint density at radius 3 is 1.55 bits per heavy atom. The minimum absolute atomic E-state index is 0.387. The molecule has 0 amide bonds. The molecule has 152 valence electrons. The number of hydrogen-bond donors (Lipinski definition) is 0. The largest absolute Gasteiger partial charge is 0.422 e. The van der Waals surface area contributed by atoms with E-state index in [0.717, 1.165) is 22.3 Å². The number of likely N-dealkylation sites (N-methyl/N-ethyl adjacent to an activating group) is 1. The summed E-state index contributed by atoms with van der Waals surface area (Å²) in [4.78, 5) is 13.9. The van der Waals surface area contributed by atoms with Gasteiger partial charge in [-0.1, -0.05) is 48.0 Å². The molecular formula is C28H23NO2. The van der Waals surface area contributed by atoms with E-state index in [0.29, 0.717) is 11.4 Å². The van der Waals surface area contributed by atoms with Gasteiger partial charge in [0.15, 0.2) is 0 Å². The molecule has 3 nitrogen and oxygen atoms in total. The van der Waals surface area contributed by atoms with Gasteiger partial charge in [0.2, 0.25) is 0 Å². The van der Waals surface area contributed by atoms with Crippen LogP contribution in [-0.2, 0) is 4.79 Å². The third-order valence-corrected chi connectivity index (χ3v) is 4.39. The van der Waals surface area contributed by atoms with E-state index in [4.69, 9.17) is 4.74 Å². The molecule has 3 aromatic rings. The molecule has 3 heteroatoms. The molecule has 0 bridgehead atoms. The first-order chi connectivity index (χ1) is 15.0. The van der Waals surface area contributed by atoms with Crippen LogP contribution in [0.4, 0.5) is 0 Å². The molecule has 0 aliphatic heterocycles. The van der Waals surface area contributed by atoms with Crippen LogP contribution in [0.3, 0.4) is 0 Å². The van der Waals surface area contributed by atoms with Crippen molar-refractivity contribution in [2.75, 3.05) is 14.1 Å². The second-order valence-electron chi connectivity index (χ2n) is 6.93. The zero-order valence-electron chi connectivity index (χ0n) is 17.8. The van der Waals surface area contributed by atoms with Gasteiger partial charge in [0, 0.05) is 36.3 Å². The molecule has 0 aromatic heterocycles. The summed E-state index contributed by atoms with van der Waals surface area (Å²) in [6, 6.07) is 24.9. The van der Waals surface area contributed by atoms with E-state index in [9.17, 15) is 4.79 Å². The lowest BCUT2D eigenvalue weighted by Gasteiger charge is -2.15. The number of benzene rings is 3. The van der Waals surface area contributed by atoms with Crippen molar-refractivity contribution in [3.8, 4) is 29.4 Å². The predicted octanol–water partition coefficient (Wildman–Crippen LogP) is 4.86. The van der Waals surface area contributed by atoms with E-state index in [-0.39, 0.29) is 5.97 Å². The monoisotopic (exact) mass is 405 g/mol. The summed E-state index contributed by atoms with van der Waals surface area (Å²) >= 11 is 0. The number of carbonyl (C=O) groups excluding carboxylic acids is 1. The number of esters is 1. The summed E-state index contributed by atoms with van der Waals surface area (Å²) in [5.41, 5.74) is 4.18. The molecular weight excluding hydrogens is 382 g/mol. The quantitative estimate of drug-likeness (QED) is 0.270. The fourth-order valence-electron chi connectivity index (χ4n) is 2.77. The highest BCUT2D eigenvalue weighted by Crippen LogP contribution is 2.14. The van der Waals surface area contributed by atoms with Gasteiger partial charge in [0.1, 0.15) is 11.4 Å². The number of nitrogens with zero attached hydrogens (tertiary/aromatic N) is 1. The second kappa shape index (κ2) is 10.5. The van der Waals surface area contributed by atoms with Gasteiger partial charge >= 0.3 is 5.97 Å². The van der Waals surface area contributed by atoms with Gasteiger partial charge in [-0.15, -0.1) is 0 Å². The van der Waals surface area contributed by atoms with Gasteiger partial charge in [-0.2, -0.15) is 0 Å². The lowest BCUT2D eigenvalue weighted by Crippen LogP contribution is -2.23. The molecule has 0 aliphatic carbocycles. The molecule has 3 rings (SSSR count). The van der Waals surface area contributed by atoms with Crippen LogP contribution in [0.2, 0.25) is 0 Å². The van der Waals surface area contributed by atoms with Crippen molar-refractivity contribution in [1.29, 1.82) is 0 Å². The van der Waals surface area contributed by atoms with Crippen LogP contribution in [0.1, 0.15) is 29.2 Å². The molecule has 31 heavy (non-hydrogen) atoms. The Hall–Kier alpha value is -4.21. The van der Waals surface area contributed by atoms with E-state index in [2.05, 4.69) is 23.7 Å². The molecule has 0 radical (unpaired) electrons. The molecule has 0 aliphatic rings. The Morgan fingerprint density at radius 2 is 1.13 bits per heavy atom. The smallest absolute Gasteiger partial charge is 0.359 e. The van der Waals surface area contributed by atoms with Crippen LogP contribution < -0.4 is 4.74 Å². The number of carbonyl (C=O) groups is 1. The van der Waals surface area contributed by atoms with Gasteiger partial charge in [-0.3, -0.25) is 0 Å². The predicted molar refractivity (Wildman–Crippen MR) is 124 cm³/mol. The zero-order chi connectivity index (χ0) is 22.1. The van der Waals surface area contributed by atoms with Crippen molar-refractivity contribution in [2.24, 2.45) is 0 Å². The van der Waals surface area contributed by atoms with E-state index >= 15 is 0 Å². The van der Waals surface area contributed by atoms with Crippen LogP contribution in [0, 0.1) is 23.7 Å². The summed E-state index contributed by atoms with van der Waals surface area (Å²) in [5.74, 6) is 12.7. The Kier molecular flexibility index (Phi) is 7.30. The maximum absolute atomic E-state index is 12.2. The van der Waals surface area contributed by atoms with Crippen molar-refractivity contribution in [3.63, 3.8) is 0 Å². The van der Waals surface area contributed by atoms with Gasteiger partial charge in [0.25, 0.3) is 0 Å². The summed E-state index contributed by atoms with van der Waals surface area (Å²) in [7, 11) is 3.61. The maximum atomic E-state index is 12.2. The molecule has 0 saturated carbocycles. The number of hydrogen-bond acceptors (Lipinski definition) is 3. The summed E-state index contributed by atoms with van der Waals surface area (Å²) in [6.45, 7) is 1.80. The van der Waals surface area contributed by atoms with Crippen molar-refractivity contribution in [2.45, 2.75) is 6.92 Å². The standard InChI is InChI=1S/C28H23NO2/c1-4-27(29(2)3)28(30)31-26-20-18-25(19-21-26)17-16-24-14-12-23(13-15-24)11-10-22-8-6-5-7-9-22/h4-9,12-15,18-21H,1-3H3/b27-4-. The van der Waals surface area contributed by atoms with Crippen LogP contribution in [0.15, 0.2) is 90.6 Å². The lowest BCUT2D eigenvalue weighted by molar-refractivity contribution is -0.131. The highest BCUT2D eigenvalue weighted by atomic mass is 16.5. The van der Waals surface area contributed by atoms with E-state index < -0.39 is 0 Å². The number of allylic oxidation sites excluding steroid dienone is 1.